The number of halogens is 3. The largest absolute Gasteiger partial charge is 0.478 e. The number of alkyl halides is 3. The average Bonchev–Trinajstić information content (AvgIpc) is 2.59. The second-order valence-corrected chi connectivity index (χ2v) is 6.33. The van der Waals surface area contributed by atoms with E-state index in [9.17, 15) is 23.1 Å². The van der Waals surface area contributed by atoms with Crippen LogP contribution in [0.2, 0.25) is 0 Å². The molecule has 3 nitrogen and oxygen atoms in total. The van der Waals surface area contributed by atoms with Gasteiger partial charge in [-0.05, 0) is 35.7 Å². The van der Waals surface area contributed by atoms with Crippen molar-refractivity contribution in [2.24, 2.45) is 0 Å². The lowest BCUT2D eigenvalue weighted by molar-refractivity contribution is -0.137. The third kappa shape index (κ3) is 3.27. The predicted octanol–water partition coefficient (Wildman–Crippen LogP) is 5.74. The normalized spacial score (nSPS) is 11.9. The third-order valence-corrected chi connectivity index (χ3v) is 4.24. The Balaban J connectivity index is 2.30. The van der Waals surface area contributed by atoms with Gasteiger partial charge < -0.3 is 5.11 Å². The Morgan fingerprint density at radius 3 is 2.38 bits per heavy atom. The molecule has 134 valence electrons. The summed E-state index contributed by atoms with van der Waals surface area (Å²) < 4.78 is 39.9. The maximum absolute atomic E-state index is 13.3. The molecule has 0 aliphatic carbocycles. The summed E-state index contributed by atoms with van der Waals surface area (Å²) in [6, 6.07) is 11.4. The smallest absolute Gasteiger partial charge is 0.417 e. The van der Waals surface area contributed by atoms with Crippen LogP contribution in [0.15, 0.2) is 48.5 Å². The highest BCUT2D eigenvalue weighted by Gasteiger charge is 2.34. The molecule has 0 amide bonds. The van der Waals surface area contributed by atoms with Gasteiger partial charge in [0.05, 0.1) is 22.3 Å². The summed E-state index contributed by atoms with van der Waals surface area (Å²) in [5.74, 6) is -1.02. The first kappa shape index (κ1) is 17.9. The number of carbonyl (C=O) groups is 1. The second-order valence-electron chi connectivity index (χ2n) is 6.33. The topological polar surface area (TPSA) is 50.2 Å². The molecule has 0 saturated heterocycles. The first-order valence-electron chi connectivity index (χ1n) is 8.03. The summed E-state index contributed by atoms with van der Waals surface area (Å²) in [6.45, 7) is 3.95. The molecule has 0 bridgehead atoms. The molecule has 0 atom stereocenters. The van der Waals surface area contributed by atoms with Crippen LogP contribution in [0.25, 0.3) is 22.2 Å². The van der Waals surface area contributed by atoms with E-state index in [1.807, 2.05) is 19.9 Å². The number of carboxylic acid groups (broad SMARTS) is 1. The fourth-order valence-electron chi connectivity index (χ4n) is 2.87. The van der Waals surface area contributed by atoms with Crippen LogP contribution in [0.4, 0.5) is 13.2 Å². The van der Waals surface area contributed by atoms with Crippen molar-refractivity contribution >= 4 is 16.9 Å². The monoisotopic (exact) mass is 359 g/mol. The van der Waals surface area contributed by atoms with Crippen LogP contribution >= 0.6 is 0 Å². The SMILES string of the molecule is CC(C)c1ccc2nc(-c3ccccc3C(F)(F)F)cc(C(=O)O)c2c1. The quantitative estimate of drug-likeness (QED) is 0.648. The van der Waals surface area contributed by atoms with Crippen molar-refractivity contribution in [3.63, 3.8) is 0 Å². The molecule has 6 heteroatoms. The van der Waals surface area contributed by atoms with Crippen molar-refractivity contribution in [1.82, 2.24) is 4.98 Å². The molecular weight excluding hydrogens is 343 g/mol. The molecule has 0 aliphatic heterocycles. The number of hydrogen-bond donors (Lipinski definition) is 1. The van der Waals surface area contributed by atoms with Crippen molar-refractivity contribution in [1.29, 1.82) is 0 Å². The van der Waals surface area contributed by atoms with E-state index in [2.05, 4.69) is 4.98 Å². The lowest BCUT2D eigenvalue weighted by atomic mass is 9.96. The van der Waals surface area contributed by atoms with Gasteiger partial charge in [0.2, 0.25) is 0 Å². The zero-order valence-electron chi connectivity index (χ0n) is 14.1. The standard InChI is InChI=1S/C20H16F3NO2/c1-11(2)12-7-8-17-14(9-12)15(19(25)26)10-18(24-17)13-5-3-4-6-16(13)20(21,22)23/h3-11H,1-2H3,(H,25,26). The number of aromatic nitrogens is 1. The van der Waals surface area contributed by atoms with Gasteiger partial charge in [0.1, 0.15) is 0 Å². The van der Waals surface area contributed by atoms with Crippen molar-refractivity contribution in [2.45, 2.75) is 25.9 Å². The number of rotatable bonds is 3. The summed E-state index contributed by atoms with van der Waals surface area (Å²) in [7, 11) is 0. The van der Waals surface area contributed by atoms with E-state index in [1.165, 1.54) is 24.3 Å². The minimum atomic E-state index is -4.56. The predicted molar refractivity (Wildman–Crippen MR) is 93.2 cm³/mol. The Morgan fingerprint density at radius 2 is 1.77 bits per heavy atom. The van der Waals surface area contributed by atoms with E-state index in [0.29, 0.717) is 10.9 Å². The molecule has 0 saturated carbocycles. The van der Waals surface area contributed by atoms with Crippen molar-refractivity contribution in [3.8, 4) is 11.3 Å². The highest BCUT2D eigenvalue weighted by Crippen LogP contribution is 2.37. The summed E-state index contributed by atoms with van der Waals surface area (Å²) in [4.78, 5) is 16.0. The van der Waals surface area contributed by atoms with Crippen molar-refractivity contribution < 1.29 is 23.1 Å². The van der Waals surface area contributed by atoms with Gasteiger partial charge in [-0.25, -0.2) is 9.78 Å². The Kier molecular flexibility index (Phi) is 4.44. The van der Waals surface area contributed by atoms with Gasteiger partial charge in [0.15, 0.2) is 0 Å². The Morgan fingerprint density at radius 1 is 1.08 bits per heavy atom. The van der Waals surface area contributed by atoms with E-state index in [4.69, 9.17) is 0 Å². The highest BCUT2D eigenvalue weighted by atomic mass is 19.4. The van der Waals surface area contributed by atoms with Crippen molar-refractivity contribution in [3.05, 3.63) is 65.2 Å². The number of benzene rings is 2. The van der Waals surface area contributed by atoms with Gasteiger partial charge in [-0.15, -0.1) is 0 Å². The summed E-state index contributed by atoms with van der Waals surface area (Å²) in [6.07, 6.45) is -4.56. The molecule has 3 rings (SSSR count). The molecule has 2 aromatic carbocycles. The first-order valence-corrected chi connectivity index (χ1v) is 8.03. The molecule has 26 heavy (non-hydrogen) atoms. The lowest BCUT2D eigenvalue weighted by Crippen LogP contribution is -2.08. The lowest BCUT2D eigenvalue weighted by Gasteiger charge is -2.14. The fraction of sp³-hybridized carbons (Fsp3) is 0.200. The van der Waals surface area contributed by atoms with Crippen LogP contribution in [0.3, 0.4) is 0 Å². The molecule has 0 fully saturated rings. The minimum absolute atomic E-state index is 0.0138. The maximum Gasteiger partial charge on any atom is 0.417 e. The minimum Gasteiger partial charge on any atom is -0.478 e. The molecule has 0 spiro atoms. The Bertz CT molecular complexity index is 994. The van der Waals surface area contributed by atoms with E-state index in [-0.39, 0.29) is 22.7 Å². The van der Waals surface area contributed by atoms with Crippen LogP contribution in [-0.2, 0) is 6.18 Å². The van der Waals surface area contributed by atoms with Gasteiger partial charge in [-0.2, -0.15) is 13.2 Å². The number of aromatic carboxylic acids is 1. The molecule has 1 aromatic heterocycles. The molecule has 3 aromatic rings. The summed E-state index contributed by atoms with van der Waals surface area (Å²) >= 11 is 0. The zero-order valence-corrected chi connectivity index (χ0v) is 14.1. The van der Waals surface area contributed by atoms with Gasteiger partial charge in [0, 0.05) is 10.9 Å². The second kappa shape index (κ2) is 6.44. The van der Waals surface area contributed by atoms with Gasteiger partial charge in [0.25, 0.3) is 0 Å². The van der Waals surface area contributed by atoms with Gasteiger partial charge in [-0.1, -0.05) is 38.1 Å². The number of fused-ring (bicyclic) bond motifs is 1. The number of pyridine rings is 1. The Hall–Kier alpha value is -2.89. The first-order chi connectivity index (χ1) is 12.2. The molecule has 1 N–H and O–H groups in total. The van der Waals surface area contributed by atoms with Gasteiger partial charge in [-0.3, -0.25) is 0 Å². The van der Waals surface area contributed by atoms with Gasteiger partial charge >= 0.3 is 12.1 Å². The van der Waals surface area contributed by atoms with Crippen LogP contribution in [0.1, 0.15) is 41.3 Å². The van der Waals surface area contributed by atoms with Crippen molar-refractivity contribution in [2.75, 3.05) is 0 Å². The summed E-state index contributed by atoms with van der Waals surface area (Å²) in [5.41, 5.74) is 0.218. The maximum atomic E-state index is 13.3. The van der Waals surface area contributed by atoms with E-state index >= 15 is 0 Å². The van der Waals surface area contributed by atoms with Crippen LogP contribution in [-0.4, -0.2) is 16.1 Å². The van der Waals surface area contributed by atoms with Crippen LogP contribution in [0.5, 0.6) is 0 Å². The molecular formula is C20H16F3NO2. The average molecular weight is 359 g/mol. The fourth-order valence-corrected chi connectivity index (χ4v) is 2.87. The zero-order chi connectivity index (χ0) is 19.1. The van der Waals surface area contributed by atoms with E-state index < -0.39 is 17.7 Å². The molecule has 0 aliphatic rings. The summed E-state index contributed by atoms with van der Waals surface area (Å²) in [5, 5.41) is 9.98. The third-order valence-electron chi connectivity index (χ3n) is 4.24. The molecule has 1 heterocycles. The van der Waals surface area contributed by atoms with E-state index in [0.717, 1.165) is 11.6 Å². The number of nitrogens with zero attached hydrogens (tertiary/aromatic N) is 1. The molecule has 0 radical (unpaired) electrons. The van der Waals surface area contributed by atoms with Crippen LogP contribution in [0, 0.1) is 0 Å². The van der Waals surface area contributed by atoms with Crippen LogP contribution < -0.4 is 0 Å². The molecule has 0 unspecified atom stereocenters. The van der Waals surface area contributed by atoms with E-state index in [1.54, 1.807) is 12.1 Å². The highest BCUT2D eigenvalue weighted by molar-refractivity contribution is 6.04. The Labute approximate surface area is 148 Å². The number of carboxylic acids is 1. The number of hydrogen-bond acceptors (Lipinski definition) is 2.